The summed E-state index contributed by atoms with van der Waals surface area (Å²) in [6, 6.07) is 5.42. The van der Waals surface area contributed by atoms with Crippen LogP contribution in [-0.2, 0) is 4.74 Å². The molecule has 1 spiro atoms. The van der Waals surface area contributed by atoms with Crippen molar-refractivity contribution in [3.8, 4) is 11.5 Å². The predicted molar refractivity (Wildman–Crippen MR) is 106 cm³/mol. The van der Waals surface area contributed by atoms with E-state index in [0.29, 0.717) is 81.6 Å². The minimum atomic E-state index is -0.426. The number of carbonyl (C=O) groups is 2. The molecule has 0 radical (unpaired) electrons. The minimum Gasteiger partial charge on any atom is -0.486 e. The van der Waals surface area contributed by atoms with E-state index in [-0.39, 0.29) is 11.8 Å². The highest BCUT2D eigenvalue weighted by Gasteiger charge is 2.42. The Hall–Kier alpha value is -3.07. The van der Waals surface area contributed by atoms with Crippen LogP contribution in [0.1, 0.15) is 33.7 Å². The van der Waals surface area contributed by atoms with Gasteiger partial charge in [0.2, 0.25) is 0 Å². The number of rotatable bonds is 2. The van der Waals surface area contributed by atoms with Gasteiger partial charge in [-0.1, -0.05) is 6.07 Å². The second-order valence-corrected chi connectivity index (χ2v) is 7.85. The number of aromatic nitrogens is 2. The number of para-hydroxylation sites is 1. The van der Waals surface area contributed by atoms with Gasteiger partial charge < -0.3 is 29.0 Å². The lowest BCUT2D eigenvalue weighted by Gasteiger charge is -2.47. The topological polar surface area (TPSA) is 97.0 Å². The fourth-order valence-corrected chi connectivity index (χ4v) is 4.39. The molecule has 1 N–H and O–H groups in total. The molecule has 0 saturated carbocycles. The average molecular weight is 412 g/mol. The third kappa shape index (κ3) is 3.39. The molecule has 0 unspecified atom stereocenters. The Morgan fingerprint density at radius 2 is 1.83 bits per heavy atom. The molecule has 2 aromatic rings. The molecule has 1 aromatic carbocycles. The quantitative estimate of drug-likeness (QED) is 0.799. The number of benzene rings is 1. The van der Waals surface area contributed by atoms with Gasteiger partial charge in [-0.3, -0.25) is 9.59 Å². The van der Waals surface area contributed by atoms with Gasteiger partial charge in [0.05, 0.1) is 36.8 Å². The molecule has 2 fully saturated rings. The van der Waals surface area contributed by atoms with Gasteiger partial charge in [0.15, 0.2) is 11.5 Å². The molecule has 1 aromatic heterocycles. The van der Waals surface area contributed by atoms with Gasteiger partial charge in [-0.25, -0.2) is 4.98 Å². The summed E-state index contributed by atoms with van der Waals surface area (Å²) in [5.41, 5.74) is 0.588. The van der Waals surface area contributed by atoms with Crippen molar-refractivity contribution in [2.75, 3.05) is 46.0 Å². The third-order valence-corrected chi connectivity index (χ3v) is 6.02. The lowest BCUT2D eigenvalue weighted by atomic mass is 9.89. The van der Waals surface area contributed by atoms with Gasteiger partial charge in [0.1, 0.15) is 18.9 Å². The zero-order chi connectivity index (χ0) is 20.6. The molecule has 0 bridgehead atoms. The number of morpholine rings is 1. The maximum absolute atomic E-state index is 13.3. The second kappa shape index (κ2) is 7.64. The van der Waals surface area contributed by atoms with Crippen LogP contribution in [0.25, 0.3) is 0 Å². The van der Waals surface area contributed by atoms with Crippen molar-refractivity contribution in [1.29, 1.82) is 0 Å². The van der Waals surface area contributed by atoms with Crippen LogP contribution in [0.5, 0.6) is 11.5 Å². The van der Waals surface area contributed by atoms with E-state index in [1.54, 1.807) is 6.07 Å². The Bertz CT molecular complexity index is 937. The largest absolute Gasteiger partial charge is 0.486 e. The number of fused-ring (bicyclic) bond motifs is 1. The molecular formula is C21H24N4O5. The summed E-state index contributed by atoms with van der Waals surface area (Å²) in [7, 11) is 0. The van der Waals surface area contributed by atoms with Gasteiger partial charge in [0.25, 0.3) is 11.8 Å². The van der Waals surface area contributed by atoms with E-state index < -0.39 is 5.60 Å². The third-order valence-electron chi connectivity index (χ3n) is 6.02. The van der Waals surface area contributed by atoms with Gasteiger partial charge in [-0.05, 0) is 25.0 Å². The number of hydrogen-bond acceptors (Lipinski definition) is 6. The monoisotopic (exact) mass is 412 g/mol. The van der Waals surface area contributed by atoms with Crippen LogP contribution in [0.15, 0.2) is 30.7 Å². The first-order chi connectivity index (χ1) is 14.7. The highest BCUT2D eigenvalue weighted by atomic mass is 16.6. The van der Waals surface area contributed by atoms with Crippen LogP contribution >= 0.6 is 0 Å². The van der Waals surface area contributed by atoms with Crippen molar-refractivity contribution >= 4 is 11.8 Å². The minimum absolute atomic E-state index is 0.0563. The molecule has 3 aliphatic heterocycles. The van der Waals surface area contributed by atoms with Crippen LogP contribution in [0.4, 0.5) is 0 Å². The summed E-state index contributed by atoms with van der Waals surface area (Å²) < 4.78 is 17.5. The lowest BCUT2D eigenvalue weighted by Crippen LogP contribution is -2.58. The second-order valence-electron chi connectivity index (χ2n) is 7.85. The maximum atomic E-state index is 13.3. The molecular weight excluding hydrogens is 388 g/mol. The zero-order valence-corrected chi connectivity index (χ0v) is 16.6. The Balaban J connectivity index is 1.28. The number of aromatic amines is 1. The van der Waals surface area contributed by atoms with Crippen molar-refractivity contribution in [2.45, 2.75) is 18.4 Å². The maximum Gasteiger partial charge on any atom is 0.271 e. The average Bonchev–Trinajstić information content (AvgIpc) is 3.33. The van der Waals surface area contributed by atoms with Crippen molar-refractivity contribution < 1.29 is 23.8 Å². The summed E-state index contributed by atoms with van der Waals surface area (Å²) in [6.45, 7) is 3.59. The fourth-order valence-electron chi connectivity index (χ4n) is 4.39. The zero-order valence-electron chi connectivity index (χ0n) is 16.6. The number of piperidine rings is 1. The van der Waals surface area contributed by atoms with E-state index in [2.05, 4.69) is 9.97 Å². The number of nitrogens with one attached hydrogen (secondary N) is 1. The predicted octanol–water partition coefficient (Wildman–Crippen LogP) is 1.33. The number of likely N-dealkylation sites (tertiary alicyclic amines) is 1. The van der Waals surface area contributed by atoms with Gasteiger partial charge in [0, 0.05) is 19.6 Å². The van der Waals surface area contributed by atoms with Gasteiger partial charge >= 0.3 is 0 Å². The molecule has 2 amide bonds. The summed E-state index contributed by atoms with van der Waals surface area (Å²) in [4.78, 5) is 36.3. The molecule has 9 nitrogen and oxygen atoms in total. The summed E-state index contributed by atoms with van der Waals surface area (Å²) in [5, 5.41) is 0. The van der Waals surface area contributed by atoms with Crippen LogP contribution in [0, 0.1) is 0 Å². The van der Waals surface area contributed by atoms with Crippen LogP contribution in [-0.4, -0.2) is 83.2 Å². The summed E-state index contributed by atoms with van der Waals surface area (Å²) >= 11 is 0. The number of imidazole rings is 1. The van der Waals surface area contributed by atoms with Crippen LogP contribution < -0.4 is 9.47 Å². The van der Waals surface area contributed by atoms with E-state index in [1.807, 2.05) is 21.9 Å². The van der Waals surface area contributed by atoms with E-state index in [0.717, 1.165) is 0 Å². The van der Waals surface area contributed by atoms with E-state index >= 15 is 0 Å². The summed E-state index contributed by atoms with van der Waals surface area (Å²) in [5.74, 6) is 1.00. The highest BCUT2D eigenvalue weighted by molar-refractivity contribution is 5.98. The van der Waals surface area contributed by atoms with E-state index in [9.17, 15) is 9.59 Å². The molecule has 9 heteroatoms. The standard InChI is InChI=1S/C21H24N4O5/c26-19(15-2-1-3-17-18(15)29-11-10-28-17)25-8-9-30-21(13-25)4-6-24(7-5-21)20(27)16-12-22-14-23-16/h1-3,12,14H,4-11,13H2,(H,22,23). The number of ether oxygens (including phenoxy) is 3. The number of nitrogens with zero attached hydrogens (tertiary/aromatic N) is 3. The Labute approximate surface area is 173 Å². The first kappa shape index (κ1) is 18.9. The van der Waals surface area contributed by atoms with E-state index in [1.165, 1.54) is 12.5 Å². The molecule has 3 aliphatic rings. The Kier molecular flexibility index (Phi) is 4.82. The first-order valence-electron chi connectivity index (χ1n) is 10.2. The Morgan fingerprint density at radius 1 is 1.00 bits per heavy atom. The lowest BCUT2D eigenvalue weighted by molar-refractivity contribution is -0.123. The molecule has 158 valence electrons. The smallest absolute Gasteiger partial charge is 0.271 e. The van der Waals surface area contributed by atoms with Crippen molar-refractivity contribution in [2.24, 2.45) is 0 Å². The number of hydrogen-bond donors (Lipinski definition) is 1. The first-order valence-corrected chi connectivity index (χ1v) is 10.2. The number of amides is 2. The number of carbonyl (C=O) groups excluding carboxylic acids is 2. The van der Waals surface area contributed by atoms with Crippen molar-refractivity contribution in [3.05, 3.63) is 42.0 Å². The SMILES string of the molecule is O=C(c1cnc[nH]1)N1CCC2(CC1)CN(C(=O)c1cccc3c1OCCO3)CCO2. The van der Waals surface area contributed by atoms with Crippen molar-refractivity contribution in [1.82, 2.24) is 19.8 Å². The highest BCUT2D eigenvalue weighted by Crippen LogP contribution is 2.36. The van der Waals surface area contributed by atoms with Crippen molar-refractivity contribution in [3.63, 3.8) is 0 Å². The normalized spacial score (nSPS) is 20.3. The molecule has 0 aliphatic carbocycles. The van der Waals surface area contributed by atoms with Crippen LogP contribution in [0.2, 0.25) is 0 Å². The molecule has 0 atom stereocenters. The van der Waals surface area contributed by atoms with Gasteiger partial charge in [-0.15, -0.1) is 0 Å². The van der Waals surface area contributed by atoms with Gasteiger partial charge in [-0.2, -0.15) is 0 Å². The molecule has 4 heterocycles. The number of H-pyrrole nitrogens is 1. The van der Waals surface area contributed by atoms with Crippen LogP contribution in [0.3, 0.4) is 0 Å². The summed E-state index contributed by atoms with van der Waals surface area (Å²) in [6.07, 6.45) is 4.41. The van der Waals surface area contributed by atoms with E-state index in [4.69, 9.17) is 14.2 Å². The Morgan fingerprint density at radius 3 is 2.63 bits per heavy atom. The fraction of sp³-hybridized carbons (Fsp3) is 0.476. The molecule has 30 heavy (non-hydrogen) atoms. The molecule has 2 saturated heterocycles. The molecule has 5 rings (SSSR count).